The summed E-state index contributed by atoms with van der Waals surface area (Å²) < 4.78 is 0. The summed E-state index contributed by atoms with van der Waals surface area (Å²) in [6.45, 7) is 2.27. The quantitative estimate of drug-likeness (QED) is 0.691. The van der Waals surface area contributed by atoms with Gasteiger partial charge in [0.15, 0.2) is 0 Å². The molecule has 0 saturated heterocycles. The molecule has 1 nitrogen and oxygen atoms in total. The van der Waals surface area contributed by atoms with Gasteiger partial charge in [0.25, 0.3) is 0 Å². The largest absolute Gasteiger partial charge is 0.313 e. The van der Waals surface area contributed by atoms with E-state index in [9.17, 15) is 0 Å². The maximum Gasteiger partial charge on any atom is 0.0216 e. The standard InChI is InChI=1S/C12H19NS/c1-2-4-6-12-11(7-9-14-12)10-13-8-5-3-1/h7,9,13H,1-6,8,10H2. The first kappa shape index (κ1) is 10.2. The summed E-state index contributed by atoms with van der Waals surface area (Å²) in [4.78, 5) is 1.61. The van der Waals surface area contributed by atoms with Crippen LogP contribution in [0, 0.1) is 0 Å². The molecule has 1 N–H and O–H groups in total. The molecule has 0 atom stereocenters. The van der Waals surface area contributed by atoms with Gasteiger partial charge in [-0.25, -0.2) is 0 Å². The molecule has 0 aromatic carbocycles. The van der Waals surface area contributed by atoms with Crippen LogP contribution in [0.25, 0.3) is 0 Å². The van der Waals surface area contributed by atoms with Gasteiger partial charge >= 0.3 is 0 Å². The molecular weight excluding hydrogens is 190 g/mol. The zero-order valence-corrected chi connectivity index (χ0v) is 9.54. The summed E-state index contributed by atoms with van der Waals surface area (Å²) in [7, 11) is 0. The molecule has 2 rings (SSSR count). The van der Waals surface area contributed by atoms with Crippen molar-refractivity contribution in [1.29, 1.82) is 0 Å². The van der Waals surface area contributed by atoms with Crippen LogP contribution in [-0.2, 0) is 13.0 Å². The Kier molecular flexibility index (Phi) is 4.02. The highest BCUT2D eigenvalue weighted by Crippen LogP contribution is 2.20. The molecule has 1 aromatic rings. The second-order valence-electron chi connectivity index (χ2n) is 4.06. The van der Waals surface area contributed by atoms with Crippen LogP contribution >= 0.6 is 11.3 Å². The number of thiophene rings is 1. The lowest BCUT2D eigenvalue weighted by Crippen LogP contribution is -2.14. The zero-order valence-electron chi connectivity index (χ0n) is 8.72. The maximum atomic E-state index is 3.53. The maximum absolute atomic E-state index is 3.53. The summed E-state index contributed by atoms with van der Waals surface area (Å²) in [6.07, 6.45) is 8.27. The second kappa shape index (κ2) is 5.52. The first-order valence-electron chi connectivity index (χ1n) is 5.73. The van der Waals surface area contributed by atoms with Crippen molar-refractivity contribution in [1.82, 2.24) is 5.32 Å². The molecule has 14 heavy (non-hydrogen) atoms. The van der Waals surface area contributed by atoms with Crippen molar-refractivity contribution >= 4 is 11.3 Å². The lowest BCUT2D eigenvalue weighted by atomic mass is 10.1. The minimum atomic E-state index is 1.08. The third-order valence-electron chi connectivity index (χ3n) is 2.91. The number of hydrogen-bond acceptors (Lipinski definition) is 2. The van der Waals surface area contributed by atoms with Gasteiger partial charge in [0.1, 0.15) is 0 Å². The fourth-order valence-corrected chi connectivity index (χ4v) is 2.98. The van der Waals surface area contributed by atoms with Gasteiger partial charge in [0.2, 0.25) is 0 Å². The molecule has 78 valence electrons. The van der Waals surface area contributed by atoms with E-state index >= 15 is 0 Å². The van der Waals surface area contributed by atoms with Crippen molar-refractivity contribution in [2.45, 2.75) is 45.1 Å². The molecule has 0 unspecified atom stereocenters. The van der Waals surface area contributed by atoms with Gasteiger partial charge in [-0.2, -0.15) is 0 Å². The highest BCUT2D eigenvalue weighted by atomic mass is 32.1. The number of rotatable bonds is 0. The van der Waals surface area contributed by atoms with Gasteiger partial charge in [-0.1, -0.05) is 19.3 Å². The molecule has 2 heteroatoms. The van der Waals surface area contributed by atoms with E-state index in [0.29, 0.717) is 0 Å². The van der Waals surface area contributed by atoms with Crippen molar-refractivity contribution in [3.63, 3.8) is 0 Å². The predicted molar refractivity (Wildman–Crippen MR) is 62.8 cm³/mol. The Labute approximate surface area is 90.5 Å². The number of aryl methyl sites for hydroxylation is 1. The Morgan fingerprint density at radius 2 is 1.93 bits per heavy atom. The van der Waals surface area contributed by atoms with Gasteiger partial charge in [-0.15, -0.1) is 11.3 Å². The molecule has 2 heterocycles. The third kappa shape index (κ3) is 2.82. The number of nitrogens with one attached hydrogen (secondary N) is 1. The lowest BCUT2D eigenvalue weighted by molar-refractivity contribution is 0.585. The second-order valence-corrected chi connectivity index (χ2v) is 5.06. The molecule has 0 fully saturated rings. The summed E-state index contributed by atoms with van der Waals surface area (Å²) in [5.74, 6) is 0. The van der Waals surface area contributed by atoms with E-state index in [1.807, 2.05) is 11.3 Å². The van der Waals surface area contributed by atoms with Crippen LogP contribution in [-0.4, -0.2) is 6.54 Å². The highest BCUT2D eigenvalue weighted by Gasteiger charge is 2.04. The van der Waals surface area contributed by atoms with Crippen LogP contribution in [0.2, 0.25) is 0 Å². The van der Waals surface area contributed by atoms with Gasteiger partial charge in [0, 0.05) is 11.4 Å². The van der Waals surface area contributed by atoms with Crippen LogP contribution < -0.4 is 5.32 Å². The van der Waals surface area contributed by atoms with Gasteiger partial charge in [-0.05, 0) is 42.8 Å². The van der Waals surface area contributed by atoms with Crippen LogP contribution in [0.15, 0.2) is 11.4 Å². The fourth-order valence-electron chi connectivity index (χ4n) is 2.03. The van der Waals surface area contributed by atoms with E-state index in [1.54, 1.807) is 4.88 Å². The molecule has 0 spiro atoms. The summed E-state index contributed by atoms with van der Waals surface area (Å²) >= 11 is 1.93. The van der Waals surface area contributed by atoms with Gasteiger partial charge in [0.05, 0.1) is 0 Å². The van der Waals surface area contributed by atoms with E-state index in [0.717, 1.165) is 6.54 Å². The van der Waals surface area contributed by atoms with Crippen molar-refractivity contribution in [3.8, 4) is 0 Å². The van der Waals surface area contributed by atoms with Gasteiger partial charge < -0.3 is 5.32 Å². The molecular formula is C12H19NS. The smallest absolute Gasteiger partial charge is 0.0216 e. The lowest BCUT2D eigenvalue weighted by Gasteiger charge is -2.03. The molecule has 0 aliphatic carbocycles. The molecule has 0 amide bonds. The molecule has 1 aliphatic heterocycles. The summed E-state index contributed by atoms with van der Waals surface area (Å²) in [6, 6.07) is 2.28. The topological polar surface area (TPSA) is 12.0 Å². The van der Waals surface area contributed by atoms with E-state index in [-0.39, 0.29) is 0 Å². The van der Waals surface area contributed by atoms with Crippen molar-refractivity contribution in [2.75, 3.05) is 6.54 Å². The number of hydrogen-bond donors (Lipinski definition) is 1. The minimum Gasteiger partial charge on any atom is -0.313 e. The highest BCUT2D eigenvalue weighted by molar-refractivity contribution is 7.10. The van der Waals surface area contributed by atoms with E-state index in [4.69, 9.17) is 0 Å². The van der Waals surface area contributed by atoms with Crippen LogP contribution in [0.4, 0.5) is 0 Å². The molecule has 0 radical (unpaired) electrons. The minimum absolute atomic E-state index is 1.08. The Morgan fingerprint density at radius 1 is 1.07 bits per heavy atom. The predicted octanol–water partition coefficient (Wildman–Crippen LogP) is 3.34. The number of fused-ring (bicyclic) bond motifs is 1. The van der Waals surface area contributed by atoms with Crippen LogP contribution in [0.3, 0.4) is 0 Å². The first-order chi connectivity index (χ1) is 6.97. The van der Waals surface area contributed by atoms with Crippen molar-refractivity contribution in [2.24, 2.45) is 0 Å². The summed E-state index contributed by atoms with van der Waals surface area (Å²) in [5.41, 5.74) is 1.54. The van der Waals surface area contributed by atoms with Crippen LogP contribution in [0.5, 0.6) is 0 Å². The van der Waals surface area contributed by atoms with E-state index in [2.05, 4.69) is 16.8 Å². The SMILES string of the molecule is c1cc2c(s1)CCCCCCCNC2. The third-order valence-corrected chi connectivity index (χ3v) is 3.93. The monoisotopic (exact) mass is 209 g/mol. The molecule has 1 aliphatic rings. The first-order valence-corrected chi connectivity index (χ1v) is 6.61. The zero-order chi connectivity index (χ0) is 9.64. The van der Waals surface area contributed by atoms with Crippen molar-refractivity contribution in [3.05, 3.63) is 21.9 Å². The summed E-state index contributed by atoms with van der Waals surface area (Å²) in [5, 5.41) is 5.77. The fraction of sp³-hybridized carbons (Fsp3) is 0.667. The average Bonchev–Trinajstić information content (AvgIpc) is 2.61. The van der Waals surface area contributed by atoms with Gasteiger partial charge in [-0.3, -0.25) is 0 Å². The van der Waals surface area contributed by atoms with Crippen LogP contribution in [0.1, 0.15) is 42.5 Å². The Hall–Kier alpha value is -0.340. The molecule has 0 bridgehead atoms. The van der Waals surface area contributed by atoms with E-state index in [1.165, 1.54) is 50.6 Å². The average molecular weight is 209 g/mol. The Morgan fingerprint density at radius 3 is 2.93 bits per heavy atom. The normalized spacial score (nSPS) is 19.7. The Bertz CT molecular complexity index is 243. The molecule has 0 saturated carbocycles. The molecule has 1 aromatic heterocycles. The van der Waals surface area contributed by atoms with E-state index < -0.39 is 0 Å². The Balaban J connectivity index is 1.97. The van der Waals surface area contributed by atoms with Crippen molar-refractivity contribution < 1.29 is 0 Å².